The van der Waals surface area contributed by atoms with Crippen molar-refractivity contribution in [2.24, 2.45) is 0 Å². The van der Waals surface area contributed by atoms with E-state index < -0.39 is 23.5 Å². The van der Waals surface area contributed by atoms with Crippen molar-refractivity contribution in [2.45, 2.75) is 6.04 Å². The van der Waals surface area contributed by atoms with Crippen LogP contribution in [0.2, 0.25) is 10.0 Å². The second-order valence-corrected chi connectivity index (χ2v) is 8.75. The third kappa shape index (κ3) is 3.88. The van der Waals surface area contributed by atoms with Crippen molar-refractivity contribution in [1.29, 1.82) is 0 Å². The van der Waals surface area contributed by atoms with Crippen LogP contribution in [0.5, 0.6) is 11.5 Å². The standard InChI is InChI=1S/C26H17Cl2NO6/c1-34-20-12-16(28)8-14-10-19(35-25(14)20)23(31)21-22(13-4-2-7-18(30)9-13)29(26(33)24(21)32)17-6-3-5-15(27)11-17/h2-12,22,30,32H,1H3. The first-order valence-corrected chi connectivity index (χ1v) is 11.2. The number of Topliss-reactive ketones (excluding diaryl/α,β-unsaturated/α-hetero) is 1. The Balaban J connectivity index is 1.68. The highest BCUT2D eigenvalue weighted by Crippen LogP contribution is 2.44. The molecule has 1 atom stereocenters. The van der Waals surface area contributed by atoms with Gasteiger partial charge in [0.25, 0.3) is 5.91 Å². The predicted octanol–water partition coefficient (Wildman–Crippen LogP) is 6.24. The molecule has 5 rings (SSSR count). The van der Waals surface area contributed by atoms with Crippen molar-refractivity contribution >= 4 is 51.5 Å². The van der Waals surface area contributed by atoms with Crippen molar-refractivity contribution in [3.05, 3.63) is 99.4 Å². The zero-order chi connectivity index (χ0) is 24.9. The van der Waals surface area contributed by atoms with E-state index in [1.807, 2.05) is 0 Å². The van der Waals surface area contributed by atoms with Crippen LogP contribution in [0.4, 0.5) is 5.69 Å². The molecule has 1 aliphatic heterocycles. The van der Waals surface area contributed by atoms with Crippen LogP contribution < -0.4 is 9.64 Å². The van der Waals surface area contributed by atoms with Gasteiger partial charge in [-0.1, -0.05) is 41.4 Å². The molecule has 0 fully saturated rings. The third-order valence-electron chi connectivity index (χ3n) is 5.72. The molecule has 0 spiro atoms. The molecule has 7 nitrogen and oxygen atoms in total. The van der Waals surface area contributed by atoms with Crippen molar-refractivity contribution < 1.29 is 29.0 Å². The minimum absolute atomic E-state index is 0.0673. The molecule has 9 heteroatoms. The van der Waals surface area contributed by atoms with Crippen LogP contribution in [0.1, 0.15) is 22.2 Å². The molecule has 1 aromatic heterocycles. The summed E-state index contributed by atoms with van der Waals surface area (Å²) in [5.74, 6) is -2.08. The Morgan fingerprint density at radius 3 is 2.49 bits per heavy atom. The van der Waals surface area contributed by atoms with Gasteiger partial charge in [-0.15, -0.1) is 0 Å². The lowest BCUT2D eigenvalue weighted by atomic mass is 9.94. The molecular weight excluding hydrogens is 493 g/mol. The number of halogens is 2. The number of nitrogens with zero attached hydrogens (tertiary/aromatic N) is 1. The lowest BCUT2D eigenvalue weighted by Crippen LogP contribution is -2.31. The van der Waals surface area contributed by atoms with Gasteiger partial charge in [-0.05, 0) is 48.0 Å². The summed E-state index contributed by atoms with van der Waals surface area (Å²) in [6.45, 7) is 0. The van der Waals surface area contributed by atoms with E-state index in [-0.39, 0.29) is 17.1 Å². The fourth-order valence-electron chi connectivity index (χ4n) is 4.22. The van der Waals surface area contributed by atoms with Gasteiger partial charge in [-0.25, -0.2) is 0 Å². The number of ketones is 1. The van der Waals surface area contributed by atoms with Crippen LogP contribution >= 0.6 is 23.2 Å². The van der Waals surface area contributed by atoms with Crippen LogP contribution in [-0.4, -0.2) is 29.0 Å². The number of furan rings is 1. The summed E-state index contributed by atoms with van der Waals surface area (Å²) < 4.78 is 11.1. The zero-order valence-electron chi connectivity index (χ0n) is 18.2. The molecule has 2 N–H and O–H groups in total. The summed E-state index contributed by atoms with van der Waals surface area (Å²) in [7, 11) is 1.44. The summed E-state index contributed by atoms with van der Waals surface area (Å²) in [5, 5.41) is 22.3. The predicted molar refractivity (Wildman–Crippen MR) is 132 cm³/mol. The van der Waals surface area contributed by atoms with Crippen molar-refractivity contribution in [1.82, 2.24) is 0 Å². The normalized spacial score (nSPS) is 15.8. The quantitative estimate of drug-likeness (QED) is 0.309. The highest BCUT2D eigenvalue weighted by atomic mass is 35.5. The Morgan fingerprint density at radius 1 is 1.00 bits per heavy atom. The number of methoxy groups -OCH3 is 1. The van der Waals surface area contributed by atoms with E-state index in [0.29, 0.717) is 38.0 Å². The molecule has 1 amide bonds. The molecule has 1 unspecified atom stereocenters. The number of aliphatic hydroxyl groups excluding tert-OH is 1. The van der Waals surface area contributed by atoms with Crippen LogP contribution in [-0.2, 0) is 4.79 Å². The molecule has 35 heavy (non-hydrogen) atoms. The van der Waals surface area contributed by atoms with Crippen molar-refractivity contribution in [3.8, 4) is 11.5 Å². The van der Waals surface area contributed by atoms with Gasteiger partial charge in [-0.2, -0.15) is 0 Å². The summed E-state index contributed by atoms with van der Waals surface area (Å²) in [5.41, 5.74) is 0.862. The Hall–Kier alpha value is -3.94. The number of aliphatic hydroxyl groups is 1. The van der Waals surface area contributed by atoms with E-state index in [1.54, 1.807) is 48.5 Å². The summed E-state index contributed by atoms with van der Waals surface area (Å²) in [6, 6.07) is 16.1. The molecule has 0 aliphatic carbocycles. The summed E-state index contributed by atoms with van der Waals surface area (Å²) in [4.78, 5) is 28.2. The number of anilines is 1. The van der Waals surface area contributed by atoms with Gasteiger partial charge in [-0.3, -0.25) is 14.5 Å². The van der Waals surface area contributed by atoms with Gasteiger partial charge in [0.15, 0.2) is 22.9 Å². The second-order valence-electron chi connectivity index (χ2n) is 7.88. The minimum atomic E-state index is -1.06. The fourth-order valence-corrected chi connectivity index (χ4v) is 4.62. The number of carbonyl (C=O) groups excluding carboxylic acids is 2. The van der Waals surface area contributed by atoms with Gasteiger partial charge < -0.3 is 19.4 Å². The monoisotopic (exact) mass is 509 g/mol. The third-order valence-corrected chi connectivity index (χ3v) is 6.17. The van der Waals surface area contributed by atoms with E-state index in [4.69, 9.17) is 32.4 Å². The lowest BCUT2D eigenvalue weighted by molar-refractivity contribution is -0.117. The Kier molecular flexibility index (Phi) is 5.67. The van der Waals surface area contributed by atoms with E-state index in [1.165, 1.54) is 30.2 Å². The Bertz CT molecular complexity index is 1540. The summed E-state index contributed by atoms with van der Waals surface area (Å²) in [6.07, 6.45) is 0. The minimum Gasteiger partial charge on any atom is -0.508 e. The first kappa shape index (κ1) is 22.8. The van der Waals surface area contributed by atoms with Crippen LogP contribution in [0, 0.1) is 0 Å². The van der Waals surface area contributed by atoms with Crippen LogP contribution in [0.3, 0.4) is 0 Å². The molecule has 1 aliphatic rings. The molecule has 0 radical (unpaired) electrons. The lowest BCUT2D eigenvalue weighted by Gasteiger charge is -2.27. The van der Waals surface area contributed by atoms with Gasteiger partial charge in [0, 0.05) is 27.2 Å². The second kappa shape index (κ2) is 8.69. The topological polar surface area (TPSA) is 100 Å². The molecular formula is C26H17Cl2NO6. The molecule has 4 aromatic rings. The number of phenolic OH excluding ortho intramolecular Hbond substituents is 1. The highest BCUT2D eigenvalue weighted by Gasteiger charge is 2.45. The zero-order valence-corrected chi connectivity index (χ0v) is 19.7. The number of rotatable bonds is 5. The number of hydrogen-bond donors (Lipinski definition) is 2. The number of ether oxygens (including phenoxy) is 1. The number of benzene rings is 3. The SMILES string of the molecule is COc1cc(Cl)cc2cc(C(=O)C3=C(O)C(=O)N(c4cccc(Cl)c4)C3c3cccc(O)c3)oc12. The maximum atomic E-state index is 13.7. The number of amides is 1. The first-order chi connectivity index (χ1) is 16.8. The van der Waals surface area contributed by atoms with E-state index >= 15 is 0 Å². The Morgan fingerprint density at radius 2 is 1.77 bits per heavy atom. The average molecular weight is 510 g/mol. The summed E-state index contributed by atoms with van der Waals surface area (Å²) >= 11 is 12.3. The van der Waals surface area contributed by atoms with E-state index in [2.05, 4.69) is 0 Å². The highest BCUT2D eigenvalue weighted by molar-refractivity contribution is 6.32. The molecule has 3 aromatic carbocycles. The van der Waals surface area contributed by atoms with Crippen LogP contribution in [0.15, 0.2) is 82.5 Å². The molecule has 0 bridgehead atoms. The number of fused-ring (bicyclic) bond motifs is 1. The van der Waals surface area contributed by atoms with Gasteiger partial charge in [0.2, 0.25) is 5.78 Å². The van der Waals surface area contributed by atoms with Crippen molar-refractivity contribution in [3.63, 3.8) is 0 Å². The molecule has 0 saturated carbocycles. The van der Waals surface area contributed by atoms with Gasteiger partial charge in [0.05, 0.1) is 18.7 Å². The molecule has 0 saturated heterocycles. The first-order valence-electron chi connectivity index (χ1n) is 10.4. The Labute approximate surface area is 209 Å². The van der Waals surface area contributed by atoms with Gasteiger partial charge >= 0.3 is 0 Å². The smallest absolute Gasteiger partial charge is 0.294 e. The van der Waals surface area contributed by atoms with E-state index in [9.17, 15) is 19.8 Å². The van der Waals surface area contributed by atoms with E-state index in [0.717, 1.165) is 0 Å². The van der Waals surface area contributed by atoms with Crippen LogP contribution in [0.25, 0.3) is 11.0 Å². The number of aromatic hydroxyl groups is 1. The number of carbonyl (C=O) groups is 2. The van der Waals surface area contributed by atoms with Gasteiger partial charge in [0.1, 0.15) is 5.75 Å². The maximum Gasteiger partial charge on any atom is 0.294 e. The fraction of sp³-hybridized carbons (Fsp3) is 0.0769. The number of phenols is 1. The average Bonchev–Trinajstić information content (AvgIpc) is 3.37. The molecule has 176 valence electrons. The molecule has 2 heterocycles. The largest absolute Gasteiger partial charge is 0.508 e. The number of hydrogen-bond acceptors (Lipinski definition) is 6. The van der Waals surface area contributed by atoms with Crippen molar-refractivity contribution in [2.75, 3.05) is 12.0 Å². The maximum absolute atomic E-state index is 13.7.